The maximum absolute atomic E-state index is 12.0. The number of benzene rings is 1. The van der Waals surface area contributed by atoms with Crippen LogP contribution in [-0.2, 0) is 9.53 Å². The molecule has 1 atom stereocenters. The van der Waals surface area contributed by atoms with Crippen molar-refractivity contribution in [3.8, 4) is 0 Å². The Balaban J connectivity index is 1.87. The molecular formula is C17H18BrNO4. The fourth-order valence-electron chi connectivity index (χ4n) is 2.10. The summed E-state index contributed by atoms with van der Waals surface area (Å²) >= 11 is 3.38. The molecule has 0 aliphatic heterocycles. The number of esters is 1. The highest BCUT2D eigenvalue weighted by Crippen LogP contribution is 2.19. The molecule has 1 N–H and O–H groups in total. The third-order valence-electron chi connectivity index (χ3n) is 3.29. The number of ether oxygens (including phenoxy) is 1. The molecule has 1 amide bonds. The molecule has 23 heavy (non-hydrogen) atoms. The van der Waals surface area contributed by atoms with Crippen molar-refractivity contribution in [3.63, 3.8) is 0 Å². The van der Waals surface area contributed by atoms with Crippen molar-refractivity contribution in [2.45, 2.75) is 26.3 Å². The molecule has 1 aromatic carbocycles. The van der Waals surface area contributed by atoms with Gasteiger partial charge in [-0.15, -0.1) is 0 Å². The summed E-state index contributed by atoms with van der Waals surface area (Å²) in [5.41, 5.74) is 0.997. The largest absolute Gasteiger partial charge is 0.454 e. The average molecular weight is 380 g/mol. The lowest BCUT2D eigenvalue weighted by molar-refractivity contribution is -0.125. The first-order valence-corrected chi connectivity index (χ1v) is 8.07. The Hall–Kier alpha value is -2.08. The van der Waals surface area contributed by atoms with Crippen molar-refractivity contribution < 1.29 is 18.7 Å². The number of furan rings is 1. The number of hydrogen-bond acceptors (Lipinski definition) is 4. The highest BCUT2D eigenvalue weighted by Gasteiger charge is 2.16. The third kappa shape index (κ3) is 4.96. The molecule has 0 radical (unpaired) electrons. The Morgan fingerprint density at radius 2 is 1.91 bits per heavy atom. The molecule has 5 nitrogen and oxygen atoms in total. The summed E-state index contributed by atoms with van der Waals surface area (Å²) in [7, 11) is 0. The van der Waals surface area contributed by atoms with Crippen molar-refractivity contribution in [3.05, 3.63) is 58.0 Å². The molecule has 0 fully saturated rings. The number of carbonyl (C=O) groups is 2. The van der Waals surface area contributed by atoms with Crippen LogP contribution in [0.4, 0.5) is 0 Å². The van der Waals surface area contributed by atoms with Gasteiger partial charge in [-0.25, -0.2) is 4.79 Å². The second-order valence-electron chi connectivity index (χ2n) is 5.07. The summed E-state index contributed by atoms with van der Waals surface area (Å²) in [4.78, 5) is 23.7. The second-order valence-corrected chi connectivity index (χ2v) is 5.98. The number of halogens is 1. The number of aryl methyl sites for hydroxylation is 1. The molecule has 2 aromatic rings. The normalized spacial score (nSPS) is 11.8. The van der Waals surface area contributed by atoms with Gasteiger partial charge in [0.2, 0.25) is 5.76 Å². The minimum absolute atomic E-state index is 0.0928. The molecule has 1 heterocycles. The van der Waals surface area contributed by atoms with Crippen molar-refractivity contribution >= 4 is 27.8 Å². The first-order valence-electron chi connectivity index (χ1n) is 7.28. The lowest BCUT2D eigenvalue weighted by Gasteiger charge is -2.17. The van der Waals surface area contributed by atoms with E-state index in [9.17, 15) is 9.59 Å². The van der Waals surface area contributed by atoms with Gasteiger partial charge < -0.3 is 14.5 Å². The number of amides is 1. The highest BCUT2D eigenvalue weighted by atomic mass is 79.9. The average Bonchev–Trinajstić information content (AvgIpc) is 2.98. The molecule has 0 bridgehead atoms. The third-order valence-corrected chi connectivity index (χ3v) is 3.82. The summed E-state index contributed by atoms with van der Waals surface area (Å²) in [6, 6.07) is 10.8. The maximum Gasteiger partial charge on any atom is 0.374 e. The number of rotatable bonds is 6. The van der Waals surface area contributed by atoms with E-state index < -0.39 is 5.97 Å². The summed E-state index contributed by atoms with van der Waals surface area (Å²) in [6.07, 6.45) is 0.735. The van der Waals surface area contributed by atoms with E-state index >= 15 is 0 Å². The molecule has 1 aromatic heterocycles. The fraction of sp³-hybridized carbons (Fsp3) is 0.294. The van der Waals surface area contributed by atoms with Gasteiger partial charge in [0.25, 0.3) is 5.91 Å². The summed E-state index contributed by atoms with van der Waals surface area (Å²) in [6.45, 7) is 3.36. The second kappa shape index (κ2) is 7.97. The van der Waals surface area contributed by atoms with E-state index in [2.05, 4.69) is 21.2 Å². The van der Waals surface area contributed by atoms with E-state index in [1.807, 2.05) is 31.2 Å². The van der Waals surface area contributed by atoms with E-state index in [-0.39, 0.29) is 24.3 Å². The van der Waals surface area contributed by atoms with Gasteiger partial charge >= 0.3 is 5.97 Å². The van der Waals surface area contributed by atoms with Gasteiger partial charge in [0, 0.05) is 4.47 Å². The molecule has 0 unspecified atom stereocenters. The summed E-state index contributed by atoms with van der Waals surface area (Å²) < 4.78 is 11.1. The number of nitrogens with one attached hydrogen (secondary N) is 1. The predicted molar refractivity (Wildman–Crippen MR) is 89.0 cm³/mol. The van der Waals surface area contributed by atoms with Gasteiger partial charge in [-0.3, -0.25) is 4.79 Å². The zero-order valence-corrected chi connectivity index (χ0v) is 14.6. The van der Waals surface area contributed by atoms with Crippen molar-refractivity contribution in [2.75, 3.05) is 6.61 Å². The Labute approximate surface area is 143 Å². The molecule has 0 spiro atoms. The van der Waals surface area contributed by atoms with Gasteiger partial charge in [-0.2, -0.15) is 0 Å². The van der Waals surface area contributed by atoms with Crippen LogP contribution in [-0.4, -0.2) is 18.5 Å². The van der Waals surface area contributed by atoms with Crippen LogP contribution in [0, 0.1) is 6.92 Å². The molecule has 6 heteroatoms. The van der Waals surface area contributed by atoms with E-state index in [0.717, 1.165) is 16.5 Å². The van der Waals surface area contributed by atoms with Crippen LogP contribution in [0.2, 0.25) is 0 Å². The molecule has 122 valence electrons. The Morgan fingerprint density at radius 3 is 2.48 bits per heavy atom. The zero-order chi connectivity index (χ0) is 16.8. The van der Waals surface area contributed by atoms with Crippen LogP contribution < -0.4 is 5.32 Å². The molecule has 0 saturated carbocycles. The fourth-order valence-corrected chi connectivity index (χ4v) is 2.36. The van der Waals surface area contributed by atoms with Crippen LogP contribution in [0.15, 0.2) is 45.3 Å². The van der Waals surface area contributed by atoms with Crippen LogP contribution in [0.5, 0.6) is 0 Å². The lowest BCUT2D eigenvalue weighted by Crippen LogP contribution is -2.32. The smallest absolute Gasteiger partial charge is 0.374 e. The van der Waals surface area contributed by atoms with Gasteiger partial charge in [-0.05, 0) is 43.2 Å². The Morgan fingerprint density at radius 1 is 1.22 bits per heavy atom. The molecule has 2 rings (SSSR count). The monoisotopic (exact) mass is 379 g/mol. The SMILES string of the molecule is CC[C@@H](NC(=O)COC(=O)c1ccc(C)o1)c1ccc(Br)cc1. The zero-order valence-electron chi connectivity index (χ0n) is 13.0. The first kappa shape index (κ1) is 17.3. The molecule has 0 saturated heterocycles. The molecule has 0 aliphatic carbocycles. The maximum atomic E-state index is 12.0. The van der Waals surface area contributed by atoms with E-state index in [1.54, 1.807) is 13.0 Å². The minimum Gasteiger partial charge on any atom is -0.454 e. The molecule has 0 aliphatic rings. The number of hydrogen-bond donors (Lipinski definition) is 1. The minimum atomic E-state index is -0.648. The van der Waals surface area contributed by atoms with Crippen molar-refractivity contribution in [2.24, 2.45) is 0 Å². The first-order chi connectivity index (χ1) is 11.0. The van der Waals surface area contributed by atoms with Crippen LogP contribution in [0.3, 0.4) is 0 Å². The summed E-state index contributed by atoms with van der Waals surface area (Å²) in [5.74, 6) is -0.292. The van der Waals surface area contributed by atoms with Gasteiger partial charge in [0.05, 0.1) is 6.04 Å². The topological polar surface area (TPSA) is 68.5 Å². The van der Waals surface area contributed by atoms with Gasteiger partial charge in [-0.1, -0.05) is 35.0 Å². The quantitative estimate of drug-likeness (QED) is 0.775. The summed E-state index contributed by atoms with van der Waals surface area (Å²) in [5, 5.41) is 2.85. The Kier molecular flexibility index (Phi) is 5.98. The van der Waals surface area contributed by atoms with E-state index in [1.165, 1.54) is 6.07 Å². The van der Waals surface area contributed by atoms with Crippen LogP contribution >= 0.6 is 15.9 Å². The lowest BCUT2D eigenvalue weighted by atomic mass is 10.0. The Bertz CT molecular complexity index is 678. The van der Waals surface area contributed by atoms with Crippen LogP contribution in [0.25, 0.3) is 0 Å². The van der Waals surface area contributed by atoms with E-state index in [4.69, 9.17) is 9.15 Å². The number of carbonyl (C=O) groups excluding carboxylic acids is 2. The van der Waals surface area contributed by atoms with Gasteiger partial charge in [0.15, 0.2) is 6.61 Å². The van der Waals surface area contributed by atoms with E-state index in [0.29, 0.717) is 5.76 Å². The van der Waals surface area contributed by atoms with Crippen molar-refractivity contribution in [1.82, 2.24) is 5.32 Å². The van der Waals surface area contributed by atoms with Crippen molar-refractivity contribution in [1.29, 1.82) is 0 Å². The van der Waals surface area contributed by atoms with Crippen LogP contribution in [0.1, 0.15) is 41.3 Å². The highest BCUT2D eigenvalue weighted by molar-refractivity contribution is 9.10. The molecular weight excluding hydrogens is 362 g/mol. The van der Waals surface area contributed by atoms with Gasteiger partial charge in [0.1, 0.15) is 5.76 Å². The standard InChI is InChI=1S/C17H18BrNO4/c1-3-14(12-5-7-13(18)8-6-12)19-16(20)10-22-17(21)15-9-4-11(2)23-15/h4-9,14H,3,10H2,1-2H3,(H,19,20)/t14-/m1/s1. The predicted octanol–water partition coefficient (Wildman–Crippen LogP) is 3.77.